The Kier molecular flexibility index (Phi) is 8.22. The Morgan fingerprint density at radius 3 is 2.31 bits per heavy atom. The summed E-state index contributed by atoms with van der Waals surface area (Å²) in [6.07, 6.45) is -0.359. The van der Waals surface area contributed by atoms with Gasteiger partial charge in [0.25, 0.3) is 5.69 Å². The van der Waals surface area contributed by atoms with Crippen molar-refractivity contribution in [2.75, 3.05) is 7.11 Å². The van der Waals surface area contributed by atoms with Gasteiger partial charge in [0, 0.05) is 37.5 Å². The molecule has 170 valence electrons. The molecule has 0 saturated heterocycles. The maximum absolute atomic E-state index is 14.0. The molecule has 10 nitrogen and oxygen atoms in total. The quantitative estimate of drug-likeness (QED) is 0.365. The van der Waals surface area contributed by atoms with Gasteiger partial charge in [-0.1, -0.05) is 18.2 Å². The van der Waals surface area contributed by atoms with Gasteiger partial charge in [-0.3, -0.25) is 24.5 Å². The highest BCUT2D eigenvalue weighted by Gasteiger charge is 2.27. The Bertz CT molecular complexity index is 1030. The molecule has 3 amide bonds. The summed E-state index contributed by atoms with van der Waals surface area (Å²) in [7, 11) is 1.35. The zero-order valence-electron chi connectivity index (χ0n) is 17.5. The van der Waals surface area contributed by atoms with E-state index in [0.717, 1.165) is 0 Å². The normalized spacial score (nSPS) is 12.3. The number of non-ortho nitro benzene ring substituents is 1. The van der Waals surface area contributed by atoms with Crippen molar-refractivity contribution in [2.45, 2.75) is 31.8 Å². The summed E-state index contributed by atoms with van der Waals surface area (Å²) in [5.74, 6) is -2.49. The topological polar surface area (TPSA) is 154 Å². The number of primary amides is 1. The predicted molar refractivity (Wildman–Crippen MR) is 112 cm³/mol. The molecule has 0 aliphatic rings. The fraction of sp³-hybridized carbons (Fsp3) is 0.286. The lowest BCUT2D eigenvalue weighted by atomic mass is 10.0. The van der Waals surface area contributed by atoms with Crippen LogP contribution in [0.25, 0.3) is 0 Å². The van der Waals surface area contributed by atoms with Crippen molar-refractivity contribution in [3.8, 4) is 5.75 Å². The molecule has 0 saturated carbocycles. The van der Waals surface area contributed by atoms with Crippen LogP contribution in [0.2, 0.25) is 0 Å². The summed E-state index contributed by atoms with van der Waals surface area (Å²) >= 11 is 0. The molecule has 0 heterocycles. The van der Waals surface area contributed by atoms with Crippen LogP contribution < -0.4 is 21.1 Å². The van der Waals surface area contributed by atoms with Gasteiger partial charge in [0.05, 0.1) is 12.0 Å². The van der Waals surface area contributed by atoms with E-state index in [4.69, 9.17) is 10.5 Å². The van der Waals surface area contributed by atoms with E-state index < -0.39 is 40.5 Å². The smallest absolute Gasteiger partial charge is 0.269 e. The van der Waals surface area contributed by atoms with Crippen molar-refractivity contribution in [1.29, 1.82) is 0 Å². The van der Waals surface area contributed by atoms with E-state index in [-0.39, 0.29) is 35.4 Å². The fourth-order valence-electron chi connectivity index (χ4n) is 3.09. The highest BCUT2D eigenvalue weighted by molar-refractivity contribution is 5.91. The molecule has 0 unspecified atom stereocenters. The third-order valence-corrected chi connectivity index (χ3v) is 4.63. The van der Waals surface area contributed by atoms with E-state index in [1.54, 1.807) is 6.07 Å². The number of halogens is 1. The number of methoxy groups -OCH3 is 1. The zero-order chi connectivity index (χ0) is 23.8. The summed E-state index contributed by atoms with van der Waals surface area (Å²) in [4.78, 5) is 46.9. The Morgan fingerprint density at radius 1 is 1.09 bits per heavy atom. The van der Waals surface area contributed by atoms with Gasteiger partial charge in [-0.05, 0) is 17.7 Å². The van der Waals surface area contributed by atoms with Crippen molar-refractivity contribution in [1.82, 2.24) is 10.6 Å². The largest absolute Gasteiger partial charge is 0.496 e. The number of amides is 3. The molecule has 2 rings (SSSR count). The van der Waals surface area contributed by atoms with Crippen molar-refractivity contribution in [3.63, 3.8) is 0 Å². The van der Waals surface area contributed by atoms with Crippen LogP contribution in [0.3, 0.4) is 0 Å². The molecular weight excluding hydrogens is 423 g/mol. The van der Waals surface area contributed by atoms with Gasteiger partial charge in [-0.15, -0.1) is 0 Å². The lowest BCUT2D eigenvalue weighted by Crippen LogP contribution is -2.54. The minimum absolute atomic E-state index is 0.163. The minimum atomic E-state index is -1.27. The molecule has 4 N–H and O–H groups in total. The molecule has 0 bridgehead atoms. The Balaban J connectivity index is 2.26. The van der Waals surface area contributed by atoms with E-state index in [0.29, 0.717) is 0 Å². The summed E-state index contributed by atoms with van der Waals surface area (Å²) in [6, 6.07) is 7.13. The third kappa shape index (κ3) is 6.49. The molecule has 0 radical (unpaired) electrons. The van der Waals surface area contributed by atoms with Crippen LogP contribution in [-0.4, -0.2) is 41.8 Å². The molecule has 0 aliphatic heterocycles. The SMILES string of the molecule is COc1ccc([N+](=O)[O-])cc1C[C@@H](NC(=O)[C@H](Cc1ccccc1F)NC(C)=O)C(N)=O. The van der Waals surface area contributed by atoms with Crippen LogP contribution >= 0.6 is 0 Å². The van der Waals surface area contributed by atoms with Crippen molar-refractivity contribution < 1.29 is 28.4 Å². The number of nitrogens with one attached hydrogen (secondary N) is 2. The number of ether oxygens (including phenoxy) is 1. The maximum Gasteiger partial charge on any atom is 0.269 e. The lowest BCUT2D eigenvalue weighted by molar-refractivity contribution is -0.384. The van der Waals surface area contributed by atoms with Gasteiger partial charge < -0.3 is 21.1 Å². The number of benzene rings is 2. The molecule has 0 spiro atoms. The number of carbonyl (C=O) groups is 3. The van der Waals surface area contributed by atoms with Gasteiger partial charge in [-0.25, -0.2) is 4.39 Å². The average molecular weight is 446 g/mol. The zero-order valence-corrected chi connectivity index (χ0v) is 17.5. The monoisotopic (exact) mass is 446 g/mol. The number of nitro benzene ring substituents is 1. The number of hydrogen-bond donors (Lipinski definition) is 3. The Labute approximate surface area is 183 Å². The van der Waals surface area contributed by atoms with Crippen LogP contribution in [0.4, 0.5) is 10.1 Å². The van der Waals surface area contributed by atoms with Crippen molar-refractivity contribution in [2.24, 2.45) is 5.73 Å². The van der Waals surface area contributed by atoms with E-state index in [1.165, 1.54) is 50.4 Å². The number of carbonyl (C=O) groups excluding carboxylic acids is 3. The van der Waals surface area contributed by atoms with E-state index in [1.807, 2.05) is 0 Å². The molecule has 32 heavy (non-hydrogen) atoms. The first-order valence-corrected chi connectivity index (χ1v) is 9.53. The summed E-state index contributed by atoms with van der Waals surface area (Å²) in [6.45, 7) is 1.20. The van der Waals surface area contributed by atoms with Gasteiger partial charge in [0.2, 0.25) is 17.7 Å². The number of rotatable bonds is 10. The standard InChI is InChI=1S/C21H23FN4O6/c1-12(27)24-18(10-13-5-3-4-6-16(13)22)21(29)25-17(20(23)28)11-14-9-15(26(30)31)7-8-19(14)32-2/h3-9,17-18H,10-11H2,1-2H3,(H2,23,28)(H,24,27)(H,25,29)/t17-,18+/m1/s1. The molecule has 11 heteroatoms. The first kappa shape index (κ1) is 24.3. The van der Waals surface area contributed by atoms with E-state index >= 15 is 0 Å². The first-order valence-electron chi connectivity index (χ1n) is 9.53. The van der Waals surface area contributed by atoms with Gasteiger partial charge in [0.1, 0.15) is 23.7 Å². The van der Waals surface area contributed by atoms with Crippen LogP contribution in [0.15, 0.2) is 42.5 Å². The van der Waals surface area contributed by atoms with E-state index in [9.17, 15) is 28.9 Å². The molecule has 2 atom stereocenters. The fourth-order valence-corrected chi connectivity index (χ4v) is 3.09. The second kappa shape index (κ2) is 10.8. The molecule has 0 fully saturated rings. The molecule has 2 aromatic carbocycles. The number of nitrogens with two attached hydrogens (primary N) is 1. The van der Waals surface area contributed by atoms with Crippen LogP contribution in [0.5, 0.6) is 5.75 Å². The summed E-state index contributed by atoms with van der Waals surface area (Å²) in [5.41, 5.74) is 5.66. The second-order valence-electron chi connectivity index (χ2n) is 6.97. The third-order valence-electron chi connectivity index (χ3n) is 4.63. The molecular formula is C21H23FN4O6. The van der Waals surface area contributed by atoms with Crippen molar-refractivity contribution in [3.05, 3.63) is 69.5 Å². The number of hydrogen-bond acceptors (Lipinski definition) is 6. The predicted octanol–water partition coefficient (Wildman–Crippen LogP) is 1.00. The average Bonchev–Trinajstić information content (AvgIpc) is 2.73. The molecule has 0 aromatic heterocycles. The van der Waals surface area contributed by atoms with E-state index in [2.05, 4.69) is 10.6 Å². The van der Waals surface area contributed by atoms with Gasteiger partial charge >= 0.3 is 0 Å². The Morgan fingerprint density at radius 2 is 1.75 bits per heavy atom. The number of nitro groups is 1. The van der Waals surface area contributed by atoms with Crippen LogP contribution in [0.1, 0.15) is 18.1 Å². The molecule has 2 aromatic rings. The van der Waals surface area contributed by atoms with Crippen LogP contribution in [-0.2, 0) is 27.2 Å². The van der Waals surface area contributed by atoms with Crippen molar-refractivity contribution >= 4 is 23.4 Å². The summed E-state index contributed by atoms with van der Waals surface area (Å²) in [5, 5.41) is 15.9. The Hall–Kier alpha value is -4.02. The summed E-state index contributed by atoms with van der Waals surface area (Å²) < 4.78 is 19.2. The lowest BCUT2D eigenvalue weighted by Gasteiger charge is -2.22. The minimum Gasteiger partial charge on any atom is -0.496 e. The van der Waals surface area contributed by atoms with Gasteiger partial charge in [0.15, 0.2) is 0 Å². The number of nitrogens with zero attached hydrogens (tertiary/aromatic N) is 1. The van der Waals surface area contributed by atoms with Gasteiger partial charge in [-0.2, -0.15) is 0 Å². The van der Waals surface area contributed by atoms with Crippen LogP contribution in [0, 0.1) is 15.9 Å². The molecule has 0 aliphatic carbocycles. The highest BCUT2D eigenvalue weighted by atomic mass is 19.1. The first-order chi connectivity index (χ1) is 15.1. The maximum atomic E-state index is 14.0. The highest BCUT2D eigenvalue weighted by Crippen LogP contribution is 2.25. The second-order valence-corrected chi connectivity index (χ2v) is 6.97.